The van der Waals surface area contributed by atoms with Crippen molar-refractivity contribution in [3.8, 4) is 0 Å². The maximum atomic E-state index is 12.5. The molecule has 0 aliphatic rings. The Hall–Kier alpha value is -2.08. The Morgan fingerprint density at radius 2 is 1.91 bits per heavy atom. The summed E-state index contributed by atoms with van der Waals surface area (Å²) in [6.07, 6.45) is -0.661. The minimum Gasteiger partial charge on any atom is -0.480 e. The molecule has 6 heteroatoms. The van der Waals surface area contributed by atoms with E-state index in [4.69, 9.17) is 4.74 Å². The van der Waals surface area contributed by atoms with Crippen molar-refractivity contribution in [1.82, 2.24) is 0 Å². The molecule has 0 aliphatic heterocycles. The first kappa shape index (κ1) is 16.3. The number of carboxylic acids is 1. The highest BCUT2D eigenvalue weighted by atomic mass is 32.1. The Labute approximate surface area is 133 Å². The zero-order chi connectivity index (χ0) is 16.5. The molecule has 22 heavy (non-hydrogen) atoms. The maximum Gasteiger partial charge on any atom is 0.415 e. The maximum absolute atomic E-state index is 12.5. The van der Waals surface area contributed by atoms with E-state index in [2.05, 4.69) is 0 Å². The van der Waals surface area contributed by atoms with Crippen LogP contribution in [0.4, 0.5) is 10.5 Å². The number of carbonyl (C=O) groups excluding carboxylic acids is 1. The summed E-state index contributed by atoms with van der Waals surface area (Å²) in [6, 6.07) is 6.54. The number of rotatable bonds is 3. The van der Waals surface area contributed by atoms with Crippen LogP contribution in [-0.4, -0.2) is 28.8 Å². The van der Waals surface area contributed by atoms with Crippen LogP contribution in [0.5, 0.6) is 0 Å². The van der Waals surface area contributed by atoms with E-state index in [1.54, 1.807) is 26.2 Å². The van der Waals surface area contributed by atoms with Crippen LogP contribution >= 0.6 is 11.3 Å². The van der Waals surface area contributed by atoms with Crippen LogP contribution in [0, 0.1) is 0 Å². The molecule has 1 heterocycles. The van der Waals surface area contributed by atoms with E-state index >= 15 is 0 Å². The molecule has 5 nitrogen and oxygen atoms in total. The molecule has 0 fully saturated rings. The SMILES string of the molecule is C[C@H](C(=O)O)N(C(=O)OC(C)(C)C)c1csc2ccccc12. The number of hydrogen-bond donors (Lipinski definition) is 1. The van der Waals surface area contributed by atoms with Crippen molar-refractivity contribution in [2.45, 2.75) is 39.3 Å². The standard InChI is InChI=1S/C16H19NO4S/c1-10(14(18)19)17(15(20)21-16(2,3)4)12-9-22-13-8-6-5-7-11(12)13/h5-10H,1-4H3,(H,18,19)/t10-/m1/s1. The van der Waals surface area contributed by atoms with Gasteiger partial charge in [-0.1, -0.05) is 18.2 Å². The lowest BCUT2D eigenvalue weighted by molar-refractivity contribution is -0.138. The highest BCUT2D eigenvalue weighted by molar-refractivity contribution is 7.17. The van der Waals surface area contributed by atoms with Gasteiger partial charge in [-0.15, -0.1) is 11.3 Å². The van der Waals surface area contributed by atoms with Crippen molar-refractivity contribution in [3.05, 3.63) is 29.6 Å². The number of ether oxygens (including phenoxy) is 1. The molecule has 0 saturated heterocycles. The van der Waals surface area contributed by atoms with Gasteiger partial charge in [0.1, 0.15) is 11.6 Å². The summed E-state index contributed by atoms with van der Waals surface area (Å²) in [5, 5.41) is 11.9. The van der Waals surface area contributed by atoms with Crippen molar-refractivity contribution in [2.75, 3.05) is 4.90 Å². The van der Waals surface area contributed by atoms with Crippen LogP contribution in [0.1, 0.15) is 27.7 Å². The Bertz CT molecular complexity index is 701. The summed E-state index contributed by atoms with van der Waals surface area (Å²) in [5.74, 6) is -1.08. The highest BCUT2D eigenvalue weighted by Gasteiger charge is 2.32. The summed E-state index contributed by atoms with van der Waals surface area (Å²) in [6.45, 7) is 6.72. The number of nitrogens with zero attached hydrogens (tertiary/aromatic N) is 1. The van der Waals surface area contributed by atoms with Gasteiger partial charge in [-0.25, -0.2) is 9.59 Å². The summed E-state index contributed by atoms with van der Waals surface area (Å²) >= 11 is 1.46. The van der Waals surface area contributed by atoms with Crippen LogP contribution in [0.25, 0.3) is 10.1 Å². The molecule has 1 atom stereocenters. The molecule has 2 aromatic rings. The van der Waals surface area contributed by atoms with Gasteiger partial charge >= 0.3 is 12.1 Å². The number of aliphatic carboxylic acids is 1. The van der Waals surface area contributed by atoms with Crippen molar-refractivity contribution in [1.29, 1.82) is 0 Å². The number of amides is 1. The van der Waals surface area contributed by atoms with Crippen molar-refractivity contribution < 1.29 is 19.4 Å². The predicted molar refractivity (Wildman–Crippen MR) is 87.6 cm³/mol. The number of thiophene rings is 1. The first-order valence-corrected chi connectivity index (χ1v) is 7.80. The van der Waals surface area contributed by atoms with Gasteiger partial charge < -0.3 is 9.84 Å². The summed E-state index contributed by atoms with van der Waals surface area (Å²) in [7, 11) is 0. The van der Waals surface area contributed by atoms with E-state index in [1.165, 1.54) is 23.2 Å². The molecule has 0 saturated carbocycles. The molecule has 0 spiro atoms. The highest BCUT2D eigenvalue weighted by Crippen LogP contribution is 2.34. The zero-order valence-corrected chi connectivity index (χ0v) is 13.8. The lowest BCUT2D eigenvalue weighted by Gasteiger charge is -2.29. The minimum absolute atomic E-state index is 0.560. The number of fused-ring (bicyclic) bond motifs is 1. The molecule has 1 N–H and O–H groups in total. The van der Waals surface area contributed by atoms with Crippen LogP contribution < -0.4 is 4.90 Å². The van der Waals surface area contributed by atoms with Gasteiger partial charge in [-0.3, -0.25) is 4.90 Å². The van der Waals surface area contributed by atoms with Crippen LogP contribution in [0.15, 0.2) is 29.6 Å². The molecule has 0 radical (unpaired) electrons. The van der Waals surface area contributed by atoms with Gasteiger partial charge in [-0.2, -0.15) is 0 Å². The largest absolute Gasteiger partial charge is 0.480 e. The second-order valence-electron chi connectivity index (χ2n) is 5.98. The lowest BCUT2D eigenvalue weighted by atomic mass is 10.2. The third kappa shape index (κ3) is 3.39. The van der Waals surface area contributed by atoms with Crippen LogP contribution in [-0.2, 0) is 9.53 Å². The number of hydrogen-bond acceptors (Lipinski definition) is 4. The molecule has 1 aromatic carbocycles. The Morgan fingerprint density at radius 3 is 2.50 bits per heavy atom. The molecular formula is C16H19NO4S. The van der Waals surface area contributed by atoms with Crippen molar-refractivity contribution in [2.24, 2.45) is 0 Å². The molecule has 1 amide bonds. The summed E-state index contributed by atoms with van der Waals surface area (Å²) in [4.78, 5) is 25.1. The van der Waals surface area contributed by atoms with Crippen LogP contribution in [0.2, 0.25) is 0 Å². The topological polar surface area (TPSA) is 66.8 Å². The van der Waals surface area contributed by atoms with E-state index in [0.29, 0.717) is 5.69 Å². The minimum atomic E-state index is -1.08. The van der Waals surface area contributed by atoms with Gasteiger partial charge in [0.25, 0.3) is 0 Å². The fraction of sp³-hybridized carbons (Fsp3) is 0.375. The smallest absolute Gasteiger partial charge is 0.415 e. The quantitative estimate of drug-likeness (QED) is 0.923. The average molecular weight is 321 g/mol. The van der Waals surface area contributed by atoms with E-state index in [-0.39, 0.29) is 0 Å². The first-order valence-electron chi connectivity index (χ1n) is 6.92. The van der Waals surface area contributed by atoms with Gasteiger partial charge in [0, 0.05) is 15.5 Å². The summed E-state index contributed by atoms with van der Waals surface area (Å²) in [5.41, 5.74) is -0.135. The number of benzene rings is 1. The second kappa shape index (κ2) is 5.96. The fourth-order valence-corrected chi connectivity index (χ4v) is 2.97. The molecule has 1 aromatic heterocycles. The lowest BCUT2D eigenvalue weighted by Crippen LogP contribution is -2.45. The fourth-order valence-electron chi connectivity index (χ4n) is 2.04. The summed E-state index contributed by atoms with van der Waals surface area (Å²) < 4.78 is 6.36. The molecular weight excluding hydrogens is 302 g/mol. The number of carbonyl (C=O) groups is 2. The third-order valence-electron chi connectivity index (χ3n) is 3.05. The third-order valence-corrected chi connectivity index (χ3v) is 4.01. The molecule has 118 valence electrons. The van der Waals surface area contributed by atoms with E-state index in [1.807, 2.05) is 24.3 Å². The van der Waals surface area contributed by atoms with Crippen LogP contribution in [0.3, 0.4) is 0 Å². The Balaban J connectivity index is 2.49. The Morgan fingerprint density at radius 1 is 1.27 bits per heavy atom. The first-order chi connectivity index (χ1) is 10.2. The average Bonchev–Trinajstić information content (AvgIpc) is 2.81. The number of carboxylic acid groups (broad SMARTS) is 1. The van der Waals surface area contributed by atoms with Crippen molar-refractivity contribution >= 4 is 39.2 Å². The van der Waals surface area contributed by atoms with Crippen molar-refractivity contribution in [3.63, 3.8) is 0 Å². The zero-order valence-electron chi connectivity index (χ0n) is 13.0. The monoisotopic (exact) mass is 321 g/mol. The number of anilines is 1. The molecule has 2 rings (SSSR count). The predicted octanol–water partition coefficient (Wildman–Crippen LogP) is 4.12. The van der Waals surface area contributed by atoms with E-state index < -0.39 is 23.7 Å². The molecule has 0 aliphatic carbocycles. The van der Waals surface area contributed by atoms with Gasteiger partial charge in [0.2, 0.25) is 0 Å². The molecule has 0 bridgehead atoms. The van der Waals surface area contributed by atoms with E-state index in [0.717, 1.165) is 10.1 Å². The Kier molecular flexibility index (Phi) is 4.42. The van der Waals surface area contributed by atoms with Gasteiger partial charge in [-0.05, 0) is 33.8 Å². The van der Waals surface area contributed by atoms with Gasteiger partial charge in [0.15, 0.2) is 0 Å². The van der Waals surface area contributed by atoms with Gasteiger partial charge in [0.05, 0.1) is 5.69 Å². The molecule has 0 unspecified atom stereocenters. The normalized spacial score (nSPS) is 12.9. The second-order valence-corrected chi connectivity index (χ2v) is 6.89. The van der Waals surface area contributed by atoms with E-state index in [9.17, 15) is 14.7 Å².